The lowest BCUT2D eigenvalue weighted by Crippen LogP contribution is -2.34. The molecule has 0 spiro atoms. The van der Waals surface area contributed by atoms with Crippen LogP contribution in [-0.2, 0) is 9.53 Å². The predicted molar refractivity (Wildman–Crippen MR) is 82.6 cm³/mol. The maximum atomic E-state index is 12.1. The van der Waals surface area contributed by atoms with Gasteiger partial charge in [-0.15, -0.1) is 0 Å². The van der Waals surface area contributed by atoms with Crippen molar-refractivity contribution in [2.75, 3.05) is 14.1 Å². The Morgan fingerprint density at radius 3 is 2.27 bits per heavy atom. The zero-order valence-corrected chi connectivity index (χ0v) is 13.4. The van der Waals surface area contributed by atoms with Crippen LogP contribution in [0.4, 0.5) is 0 Å². The monoisotopic (exact) mass is 301 g/mol. The zero-order chi connectivity index (χ0) is 16.4. The highest BCUT2D eigenvalue weighted by Gasteiger charge is 2.20. The van der Waals surface area contributed by atoms with Crippen LogP contribution in [-0.4, -0.2) is 46.9 Å². The van der Waals surface area contributed by atoms with E-state index in [2.05, 4.69) is 9.97 Å². The number of nitrogens with zero attached hydrogens (tertiary/aromatic N) is 3. The number of hydrogen-bond acceptors (Lipinski definition) is 5. The average molecular weight is 301 g/mol. The second-order valence-corrected chi connectivity index (χ2v) is 5.38. The molecule has 1 heterocycles. The lowest BCUT2D eigenvalue weighted by atomic mass is 10.2. The molecule has 1 atom stereocenters. The molecule has 0 saturated heterocycles. The lowest BCUT2D eigenvalue weighted by Gasteiger charge is -2.17. The molecule has 0 aliphatic carbocycles. The van der Waals surface area contributed by atoms with Gasteiger partial charge in [0.25, 0.3) is 5.91 Å². The van der Waals surface area contributed by atoms with E-state index in [-0.39, 0.29) is 5.91 Å². The number of fused-ring (bicyclic) bond motifs is 1. The van der Waals surface area contributed by atoms with Crippen LogP contribution >= 0.6 is 0 Å². The fraction of sp³-hybridized carbons (Fsp3) is 0.375. The van der Waals surface area contributed by atoms with Crippen molar-refractivity contribution in [3.63, 3.8) is 0 Å². The van der Waals surface area contributed by atoms with Gasteiger partial charge in [0.2, 0.25) is 0 Å². The summed E-state index contributed by atoms with van der Waals surface area (Å²) in [4.78, 5) is 34.1. The normalized spacial score (nSPS) is 12.0. The molecule has 6 heteroatoms. The number of esters is 1. The molecule has 116 valence electrons. The number of aryl methyl sites for hydroxylation is 2. The Bertz CT molecular complexity index is 741. The average Bonchev–Trinajstić information content (AvgIpc) is 2.46. The maximum Gasteiger partial charge on any atom is 0.338 e. The third kappa shape index (κ3) is 3.21. The molecule has 0 N–H and O–H groups in total. The minimum absolute atomic E-state index is 0.264. The fourth-order valence-electron chi connectivity index (χ4n) is 2.00. The highest BCUT2D eigenvalue weighted by Crippen LogP contribution is 2.15. The minimum atomic E-state index is -0.830. The largest absolute Gasteiger partial charge is 0.449 e. The Hall–Kier alpha value is -2.50. The van der Waals surface area contributed by atoms with Gasteiger partial charge < -0.3 is 9.64 Å². The second-order valence-electron chi connectivity index (χ2n) is 5.38. The Balaban J connectivity index is 2.25. The van der Waals surface area contributed by atoms with Crippen molar-refractivity contribution in [3.8, 4) is 0 Å². The van der Waals surface area contributed by atoms with Gasteiger partial charge >= 0.3 is 5.97 Å². The first-order valence-corrected chi connectivity index (χ1v) is 6.96. The number of ether oxygens (including phenoxy) is 1. The standard InChI is InChI=1S/C16H19N3O3/c1-9-10(2)18-14-8-12(6-7-13(14)17-9)16(21)22-11(3)15(20)19(4)5/h6-8,11H,1-5H3/t11-/m0/s1. The van der Waals surface area contributed by atoms with E-state index < -0.39 is 12.1 Å². The van der Waals surface area contributed by atoms with Crippen LogP contribution in [0.2, 0.25) is 0 Å². The van der Waals surface area contributed by atoms with Crippen LogP contribution in [0, 0.1) is 13.8 Å². The van der Waals surface area contributed by atoms with Crippen LogP contribution in [0.15, 0.2) is 18.2 Å². The van der Waals surface area contributed by atoms with Crippen molar-refractivity contribution < 1.29 is 14.3 Å². The molecule has 1 aromatic carbocycles. The van der Waals surface area contributed by atoms with Gasteiger partial charge in [-0.2, -0.15) is 0 Å². The Morgan fingerprint density at radius 1 is 1.09 bits per heavy atom. The van der Waals surface area contributed by atoms with Gasteiger partial charge in [-0.05, 0) is 39.0 Å². The van der Waals surface area contributed by atoms with E-state index in [0.29, 0.717) is 11.1 Å². The number of likely N-dealkylation sites (N-methyl/N-ethyl adjacent to an activating group) is 1. The Kier molecular flexibility index (Phi) is 4.40. The molecule has 1 aromatic heterocycles. The maximum absolute atomic E-state index is 12.1. The third-order valence-electron chi connectivity index (χ3n) is 3.38. The molecule has 0 saturated carbocycles. The van der Waals surface area contributed by atoms with Gasteiger partial charge in [-0.3, -0.25) is 4.79 Å². The molecule has 0 radical (unpaired) electrons. The summed E-state index contributed by atoms with van der Waals surface area (Å²) in [5.74, 6) is -0.815. The summed E-state index contributed by atoms with van der Waals surface area (Å²) in [7, 11) is 3.23. The molecule has 0 aliphatic heterocycles. The van der Waals surface area contributed by atoms with E-state index in [9.17, 15) is 9.59 Å². The van der Waals surface area contributed by atoms with E-state index in [0.717, 1.165) is 16.9 Å². The van der Waals surface area contributed by atoms with Crippen LogP contribution in [0.3, 0.4) is 0 Å². The Morgan fingerprint density at radius 2 is 1.68 bits per heavy atom. The van der Waals surface area contributed by atoms with Crippen molar-refractivity contribution in [1.29, 1.82) is 0 Å². The molecule has 0 fully saturated rings. The number of carbonyl (C=O) groups is 2. The van der Waals surface area contributed by atoms with Gasteiger partial charge in [0.1, 0.15) is 0 Å². The topological polar surface area (TPSA) is 72.4 Å². The smallest absolute Gasteiger partial charge is 0.338 e. The summed E-state index contributed by atoms with van der Waals surface area (Å²) in [6.45, 7) is 5.30. The van der Waals surface area contributed by atoms with E-state index in [1.807, 2.05) is 13.8 Å². The van der Waals surface area contributed by atoms with Crippen LogP contribution in [0.1, 0.15) is 28.7 Å². The highest BCUT2D eigenvalue weighted by molar-refractivity contribution is 5.95. The first-order chi connectivity index (χ1) is 10.3. The van der Waals surface area contributed by atoms with Gasteiger partial charge in [0.05, 0.1) is 28.0 Å². The molecular formula is C16H19N3O3. The molecule has 2 rings (SSSR count). The molecule has 0 unspecified atom stereocenters. The fourth-order valence-corrected chi connectivity index (χ4v) is 2.00. The first-order valence-electron chi connectivity index (χ1n) is 6.96. The van der Waals surface area contributed by atoms with Crippen LogP contribution in [0.25, 0.3) is 11.0 Å². The molecule has 1 amide bonds. The number of hydrogen-bond donors (Lipinski definition) is 0. The van der Waals surface area contributed by atoms with E-state index in [1.54, 1.807) is 39.2 Å². The summed E-state index contributed by atoms with van der Waals surface area (Å²) < 4.78 is 5.18. The van der Waals surface area contributed by atoms with Gasteiger partial charge in [0.15, 0.2) is 6.10 Å². The van der Waals surface area contributed by atoms with Crippen molar-refractivity contribution in [2.45, 2.75) is 26.9 Å². The molecule has 6 nitrogen and oxygen atoms in total. The highest BCUT2D eigenvalue weighted by atomic mass is 16.5. The molecule has 2 aromatic rings. The quantitative estimate of drug-likeness (QED) is 0.809. The summed E-state index contributed by atoms with van der Waals surface area (Å²) in [6, 6.07) is 4.98. The summed E-state index contributed by atoms with van der Waals surface area (Å²) in [5.41, 5.74) is 3.37. The number of benzene rings is 1. The summed E-state index contributed by atoms with van der Waals surface area (Å²) >= 11 is 0. The third-order valence-corrected chi connectivity index (χ3v) is 3.38. The Labute approximate surface area is 129 Å². The molecule has 0 bridgehead atoms. The minimum Gasteiger partial charge on any atom is -0.449 e. The van der Waals surface area contributed by atoms with Crippen LogP contribution in [0.5, 0.6) is 0 Å². The SMILES string of the molecule is Cc1nc2ccc(C(=O)O[C@@H](C)C(=O)N(C)C)cc2nc1C. The summed E-state index contributed by atoms with van der Waals surface area (Å²) in [6.07, 6.45) is -0.830. The van der Waals surface area contributed by atoms with Gasteiger partial charge in [-0.1, -0.05) is 0 Å². The van der Waals surface area contributed by atoms with Gasteiger partial charge in [-0.25, -0.2) is 14.8 Å². The lowest BCUT2D eigenvalue weighted by molar-refractivity contribution is -0.137. The number of amides is 1. The van der Waals surface area contributed by atoms with E-state index in [1.165, 1.54) is 4.90 Å². The molecular weight excluding hydrogens is 282 g/mol. The van der Waals surface area contributed by atoms with Gasteiger partial charge in [0, 0.05) is 14.1 Å². The first kappa shape index (κ1) is 15.9. The number of rotatable bonds is 3. The zero-order valence-electron chi connectivity index (χ0n) is 13.4. The molecule has 22 heavy (non-hydrogen) atoms. The van der Waals surface area contributed by atoms with E-state index in [4.69, 9.17) is 4.74 Å². The van der Waals surface area contributed by atoms with Crippen molar-refractivity contribution in [1.82, 2.24) is 14.9 Å². The number of aromatic nitrogens is 2. The van der Waals surface area contributed by atoms with E-state index >= 15 is 0 Å². The van der Waals surface area contributed by atoms with Crippen molar-refractivity contribution >= 4 is 22.9 Å². The van der Waals surface area contributed by atoms with Crippen molar-refractivity contribution in [3.05, 3.63) is 35.2 Å². The molecule has 0 aliphatic rings. The predicted octanol–water partition coefficient (Wildman–Crippen LogP) is 1.88. The summed E-state index contributed by atoms with van der Waals surface area (Å²) in [5, 5.41) is 0. The number of carbonyl (C=O) groups excluding carboxylic acids is 2. The second kappa shape index (κ2) is 6.09. The van der Waals surface area contributed by atoms with Crippen LogP contribution < -0.4 is 0 Å². The van der Waals surface area contributed by atoms with Crippen molar-refractivity contribution in [2.24, 2.45) is 0 Å².